The predicted octanol–water partition coefficient (Wildman–Crippen LogP) is 0.932. The summed E-state index contributed by atoms with van der Waals surface area (Å²) in [6.45, 7) is 2.64. The first-order chi connectivity index (χ1) is 8.63. The van der Waals surface area contributed by atoms with Crippen LogP contribution in [0.15, 0.2) is 24.4 Å². The van der Waals surface area contributed by atoms with Crippen molar-refractivity contribution in [2.75, 3.05) is 13.6 Å². The van der Waals surface area contributed by atoms with Gasteiger partial charge in [0.25, 0.3) is 0 Å². The third-order valence-electron chi connectivity index (χ3n) is 2.72. The van der Waals surface area contributed by atoms with E-state index in [2.05, 4.69) is 16.4 Å². The smallest absolute Gasteiger partial charge is 0.234 e. The van der Waals surface area contributed by atoms with E-state index in [1.807, 2.05) is 37.1 Å². The van der Waals surface area contributed by atoms with E-state index >= 15 is 0 Å². The van der Waals surface area contributed by atoms with Gasteiger partial charge in [-0.3, -0.25) is 14.7 Å². The lowest BCUT2D eigenvalue weighted by atomic mass is 10.2. The molecule has 0 fully saturated rings. The van der Waals surface area contributed by atoms with Gasteiger partial charge in [-0.15, -0.1) is 0 Å². The van der Waals surface area contributed by atoms with Gasteiger partial charge in [-0.1, -0.05) is 6.07 Å². The van der Waals surface area contributed by atoms with Crippen molar-refractivity contribution in [3.05, 3.63) is 30.1 Å². The van der Waals surface area contributed by atoms with Crippen molar-refractivity contribution < 1.29 is 4.79 Å². The maximum absolute atomic E-state index is 11.7. The quantitative estimate of drug-likeness (QED) is 0.810. The van der Waals surface area contributed by atoms with Crippen LogP contribution in [0.4, 0.5) is 0 Å². The number of nitrogens with zero attached hydrogens (tertiary/aromatic N) is 3. The first-order valence-corrected chi connectivity index (χ1v) is 5.87. The van der Waals surface area contributed by atoms with Crippen LogP contribution in [0, 0.1) is 11.3 Å². The Morgan fingerprint density at radius 3 is 3.00 bits per heavy atom. The average molecular weight is 246 g/mol. The number of hydrogen-bond acceptors (Lipinski definition) is 4. The van der Waals surface area contributed by atoms with Crippen LogP contribution in [-0.4, -0.2) is 35.4 Å². The summed E-state index contributed by atoms with van der Waals surface area (Å²) in [5.74, 6) is -0.0621. The van der Waals surface area contributed by atoms with E-state index in [1.54, 1.807) is 6.20 Å². The molecule has 1 amide bonds. The van der Waals surface area contributed by atoms with Crippen LogP contribution >= 0.6 is 0 Å². The molecule has 96 valence electrons. The van der Waals surface area contributed by atoms with Crippen molar-refractivity contribution in [1.29, 1.82) is 5.26 Å². The molecule has 0 spiro atoms. The Morgan fingerprint density at radius 1 is 1.61 bits per heavy atom. The SMILES string of the molecule is C[C@@H](CC#N)N(C)CC(=O)NCc1ccccn1. The Balaban J connectivity index is 2.32. The van der Waals surface area contributed by atoms with Crippen molar-refractivity contribution in [2.24, 2.45) is 0 Å². The molecule has 0 saturated heterocycles. The maximum atomic E-state index is 11.7. The molecule has 18 heavy (non-hydrogen) atoms. The van der Waals surface area contributed by atoms with Crippen LogP contribution in [0.25, 0.3) is 0 Å². The van der Waals surface area contributed by atoms with Crippen LogP contribution in [-0.2, 0) is 11.3 Å². The lowest BCUT2D eigenvalue weighted by Crippen LogP contribution is -2.39. The number of pyridine rings is 1. The molecule has 0 aliphatic carbocycles. The Hall–Kier alpha value is -1.93. The molecule has 1 rings (SSSR count). The van der Waals surface area contributed by atoms with E-state index < -0.39 is 0 Å². The van der Waals surface area contributed by atoms with E-state index in [0.29, 0.717) is 13.0 Å². The molecule has 1 aromatic heterocycles. The number of carbonyl (C=O) groups excluding carboxylic acids is 1. The third kappa shape index (κ3) is 4.93. The second-order valence-corrected chi connectivity index (χ2v) is 4.22. The second kappa shape index (κ2) is 7.41. The van der Waals surface area contributed by atoms with E-state index in [9.17, 15) is 4.79 Å². The second-order valence-electron chi connectivity index (χ2n) is 4.22. The topological polar surface area (TPSA) is 69.0 Å². The molecule has 0 saturated carbocycles. The lowest BCUT2D eigenvalue weighted by Gasteiger charge is -2.21. The number of aromatic nitrogens is 1. The fraction of sp³-hybridized carbons (Fsp3) is 0.462. The summed E-state index contributed by atoms with van der Waals surface area (Å²) in [7, 11) is 1.84. The van der Waals surface area contributed by atoms with Gasteiger partial charge in [0.1, 0.15) is 0 Å². The fourth-order valence-electron chi connectivity index (χ4n) is 1.42. The highest BCUT2D eigenvalue weighted by Gasteiger charge is 2.12. The van der Waals surface area contributed by atoms with Gasteiger partial charge in [0, 0.05) is 12.2 Å². The summed E-state index contributed by atoms with van der Waals surface area (Å²) in [6.07, 6.45) is 2.12. The van der Waals surface area contributed by atoms with Gasteiger partial charge >= 0.3 is 0 Å². The van der Waals surface area contributed by atoms with Gasteiger partial charge in [-0.25, -0.2) is 0 Å². The van der Waals surface area contributed by atoms with Crippen LogP contribution in [0.5, 0.6) is 0 Å². The normalized spacial score (nSPS) is 11.9. The summed E-state index contributed by atoms with van der Waals surface area (Å²) in [5, 5.41) is 11.4. The third-order valence-corrected chi connectivity index (χ3v) is 2.72. The number of nitrogens with one attached hydrogen (secondary N) is 1. The lowest BCUT2D eigenvalue weighted by molar-refractivity contribution is -0.122. The van der Waals surface area contributed by atoms with Crippen molar-refractivity contribution in [1.82, 2.24) is 15.2 Å². The van der Waals surface area contributed by atoms with Crippen LogP contribution in [0.3, 0.4) is 0 Å². The molecule has 0 bridgehead atoms. The Morgan fingerprint density at radius 2 is 2.39 bits per heavy atom. The van der Waals surface area contributed by atoms with Gasteiger partial charge in [0.2, 0.25) is 5.91 Å². The van der Waals surface area contributed by atoms with Crippen LogP contribution < -0.4 is 5.32 Å². The van der Waals surface area contributed by atoms with Crippen LogP contribution in [0.1, 0.15) is 19.0 Å². The molecule has 0 unspecified atom stereocenters. The molecule has 0 radical (unpaired) electrons. The first-order valence-electron chi connectivity index (χ1n) is 5.87. The highest BCUT2D eigenvalue weighted by Crippen LogP contribution is 1.99. The molecule has 1 atom stereocenters. The Bertz CT molecular complexity index is 413. The molecule has 5 nitrogen and oxygen atoms in total. The minimum Gasteiger partial charge on any atom is -0.349 e. The van der Waals surface area contributed by atoms with Crippen LogP contribution in [0.2, 0.25) is 0 Å². The molecule has 5 heteroatoms. The standard InChI is InChI=1S/C13H18N4O/c1-11(6-7-14)17(2)10-13(18)16-9-12-5-3-4-8-15-12/h3-5,8,11H,6,9-10H2,1-2H3,(H,16,18)/t11-/m0/s1. The largest absolute Gasteiger partial charge is 0.349 e. The van der Waals surface area contributed by atoms with E-state index in [0.717, 1.165) is 5.69 Å². The number of hydrogen-bond donors (Lipinski definition) is 1. The predicted molar refractivity (Wildman–Crippen MR) is 68.4 cm³/mol. The summed E-state index contributed by atoms with van der Waals surface area (Å²) >= 11 is 0. The minimum atomic E-state index is -0.0621. The van der Waals surface area contributed by atoms with E-state index in [-0.39, 0.29) is 18.5 Å². The fourth-order valence-corrected chi connectivity index (χ4v) is 1.42. The van der Waals surface area contributed by atoms with Gasteiger partial charge in [0.05, 0.1) is 31.3 Å². The van der Waals surface area contributed by atoms with Crippen molar-refractivity contribution in [3.8, 4) is 6.07 Å². The monoisotopic (exact) mass is 246 g/mol. The van der Waals surface area contributed by atoms with Crippen molar-refractivity contribution in [3.63, 3.8) is 0 Å². The molecule has 0 aliphatic rings. The number of carbonyl (C=O) groups is 1. The van der Waals surface area contributed by atoms with Gasteiger partial charge in [0.15, 0.2) is 0 Å². The highest BCUT2D eigenvalue weighted by atomic mass is 16.2. The highest BCUT2D eigenvalue weighted by molar-refractivity contribution is 5.77. The minimum absolute atomic E-state index is 0.0621. The van der Waals surface area contributed by atoms with Gasteiger partial charge in [-0.2, -0.15) is 5.26 Å². The summed E-state index contributed by atoms with van der Waals surface area (Å²) in [5.41, 5.74) is 0.832. The zero-order valence-corrected chi connectivity index (χ0v) is 10.8. The van der Waals surface area contributed by atoms with E-state index in [1.165, 1.54) is 0 Å². The Kier molecular flexibility index (Phi) is 5.81. The number of likely N-dealkylation sites (N-methyl/N-ethyl adjacent to an activating group) is 1. The molecular weight excluding hydrogens is 228 g/mol. The Labute approximate surface area is 107 Å². The number of amides is 1. The number of nitriles is 1. The summed E-state index contributed by atoms with van der Waals surface area (Å²) in [6, 6.07) is 7.76. The van der Waals surface area contributed by atoms with Crippen molar-refractivity contribution in [2.45, 2.75) is 25.9 Å². The molecule has 0 aromatic carbocycles. The summed E-state index contributed by atoms with van der Waals surface area (Å²) < 4.78 is 0. The summed E-state index contributed by atoms with van der Waals surface area (Å²) in [4.78, 5) is 17.7. The number of rotatable bonds is 6. The first kappa shape index (κ1) is 14.1. The molecule has 1 aromatic rings. The van der Waals surface area contributed by atoms with Crippen molar-refractivity contribution >= 4 is 5.91 Å². The van der Waals surface area contributed by atoms with E-state index in [4.69, 9.17) is 5.26 Å². The zero-order chi connectivity index (χ0) is 13.4. The van der Waals surface area contributed by atoms with Gasteiger partial charge in [-0.05, 0) is 26.1 Å². The maximum Gasteiger partial charge on any atom is 0.234 e. The van der Waals surface area contributed by atoms with Gasteiger partial charge < -0.3 is 5.32 Å². The zero-order valence-electron chi connectivity index (χ0n) is 10.8. The average Bonchev–Trinajstić information content (AvgIpc) is 2.38. The molecule has 1 N–H and O–H groups in total. The molecular formula is C13H18N4O. The molecule has 1 heterocycles. The molecule has 0 aliphatic heterocycles.